The van der Waals surface area contributed by atoms with Crippen LogP contribution in [0.2, 0.25) is 0 Å². The van der Waals surface area contributed by atoms with E-state index in [0.717, 1.165) is 25.9 Å². The van der Waals surface area contributed by atoms with Crippen molar-refractivity contribution in [3.8, 4) is 0 Å². The predicted molar refractivity (Wildman–Crippen MR) is 72.7 cm³/mol. The van der Waals surface area contributed by atoms with Gasteiger partial charge < -0.3 is 4.90 Å². The summed E-state index contributed by atoms with van der Waals surface area (Å²) in [6.45, 7) is 5.43. The monoisotopic (exact) mass is 262 g/mol. The fourth-order valence-electron chi connectivity index (χ4n) is 2.76. The minimum Gasteiger partial charge on any atom is -0.342 e. The van der Waals surface area contributed by atoms with E-state index in [9.17, 15) is 4.79 Å². The molecule has 2 aliphatic rings. The minimum absolute atomic E-state index is 0.268. The van der Waals surface area contributed by atoms with Gasteiger partial charge in [0.15, 0.2) is 0 Å². The molecule has 0 radical (unpaired) electrons. The lowest BCUT2D eigenvalue weighted by Gasteiger charge is -2.14. The van der Waals surface area contributed by atoms with Gasteiger partial charge in [-0.2, -0.15) is 0 Å². The number of carbonyl (C=O) groups is 1. The number of hydrogen-bond acceptors (Lipinski definition) is 3. The molecule has 1 saturated heterocycles. The maximum absolute atomic E-state index is 11.8. The molecule has 1 unspecified atom stereocenters. The van der Waals surface area contributed by atoms with Gasteiger partial charge >= 0.3 is 0 Å². The van der Waals surface area contributed by atoms with Crippen molar-refractivity contribution in [3.63, 3.8) is 0 Å². The summed E-state index contributed by atoms with van der Waals surface area (Å²) in [6, 6.07) is 0. The van der Waals surface area contributed by atoms with E-state index in [4.69, 9.17) is 0 Å². The molecule has 1 aromatic rings. The summed E-state index contributed by atoms with van der Waals surface area (Å²) in [5, 5.41) is 1.20. The van der Waals surface area contributed by atoms with E-state index in [1.165, 1.54) is 28.4 Å². The van der Waals surface area contributed by atoms with Crippen LogP contribution in [0.4, 0.5) is 0 Å². The van der Waals surface area contributed by atoms with Crippen molar-refractivity contribution in [2.45, 2.75) is 32.1 Å². The van der Waals surface area contributed by atoms with Crippen LogP contribution in [0.3, 0.4) is 0 Å². The first-order valence-electron chi connectivity index (χ1n) is 6.64. The first kappa shape index (κ1) is 11.9. The van der Waals surface area contributed by atoms with Crippen LogP contribution >= 0.6 is 11.3 Å². The van der Waals surface area contributed by atoms with E-state index >= 15 is 0 Å². The standard InChI is InChI=1S/C14H18N2OS/c1-2-10-8-14(17)16(9-10)7-6-13-15-11-4-3-5-12(11)18-13/h2,10H,1,3-9H2. The number of carbonyl (C=O) groups excluding carboxylic acids is 1. The Hall–Kier alpha value is -1.16. The molecule has 1 aromatic heterocycles. The number of hydrogen-bond donors (Lipinski definition) is 0. The van der Waals surface area contributed by atoms with Crippen molar-refractivity contribution in [1.82, 2.24) is 9.88 Å². The molecule has 1 atom stereocenters. The Morgan fingerprint density at radius 3 is 3.11 bits per heavy atom. The average molecular weight is 262 g/mol. The Morgan fingerprint density at radius 1 is 1.50 bits per heavy atom. The summed E-state index contributed by atoms with van der Waals surface area (Å²) in [5.41, 5.74) is 1.31. The molecule has 3 nitrogen and oxygen atoms in total. The minimum atomic E-state index is 0.268. The molecule has 4 heteroatoms. The molecule has 0 N–H and O–H groups in total. The number of fused-ring (bicyclic) bond motifs is 1. The van der Waals surface area contributed by atoms with Crippen molar-refractivity contribution in [1.29, 1.82) is 0 Å². The first-order chi connectivity index (χ1) is 8.76. The number of thiazole rings is 1. The van der Waals surface area contributed by atoms with Crippen molar-refractivity contribution in [3.05, 3.63) is 28.2 Å². The number of nitrogens with zero attached hydrogens (tertiary/aromatic N) is 2. The summed E-state index contributed by atoms with van der Waals surface area (Å²) in [7, 11) is 0. The second-order valence-corrected chi connectivity index (χ2v) is 6.29. The summed E-state index contributed by atoms with van der Waals surface area (Å²) >= 11 is 1.84. The smallest absolute Gasteiger partial charge is 0.223 e. The van der Waals surface area contributed by atoms with Gasteiger partial charge in [0.25, 0.3) is 0 Å². The Labute approximate surface area is 112 Å². The second kappa shape index (κ2) is 4.84. The van der Waals surface area contributed by atoms with E-state index in [1.54, 1.807) is 0 Å². The molecule has 2 heterocycles. The molecule has 0 aromatic carbocycles. The van der Waals surface area contributed by atoms with Crippen molar-refractivity contribution >= 4 is 17.2 Å². The third kappa shape index (κ3) is 2.21. The normalized spacial score (nSPS) is 22.6. The number of aromatic nitrogens is 1. The highest BCUT2D eigenvalue weighted by Crippen LogP contribution is 2.28. The second-order valence-electron chi connectivity index (χ2n) is 5.12. The maximum atomic E-state index is 11.8. The van der Waals surface area contributed by atoms with E-state index < -0.39 is 0 Å². The SMILES string of the molecule is C=CC1CC(=O)N(CCc2nc3c(s2)CCC3)C1. The Kier molecular flexibility index (Phi) is 3.20. The highest BCUT2D eigenvalue weighted by molar-refractivity contribution is 7.11. The molecular formula is C14H18N2OS. The maximum Gasteiger partial charge on any atom is 0.223 e. The molecule has 1 fully saturated rings. The van der Waals surface area contributed by atoms with Crippen LogP contribution in [-0.4, -0.2) is 28.9 Å². The van der Waals surface area contributed by atoms with Crippen LogP contribution < -0.4 is 0 Å². The topological polar surface area (TPSA) is 33.2 Å². The first-order valence-corrected chi connectivity index (χ1v) is 7.45. The summed E-state index contributed by atoms with van der Waals surface area (Å²) in [6.07, 6.45) is 7.06. The molecule has 1 aliphatic carbocycles. The van der Waals surface area contributed by atoms with Gasteiger partial charge in [-0.15, -0.1) is 17.9 Å². The van der Waals surface area contributed by atoms with E-state index in [1.807, 2.05) is 22.3 Å². The summed E-state index contributed by atoms with van der Waals surface area (Å²) in [4.78, 5) is 19.9. The Bertz CT molecular complexity index is 459. The van der Waals surface area contributed by atoms with Crippen LogP contribution in [0.25, 0.3) is 0 Å². The molecule has 3 rings (SSSR count). The number of aryl methyl sites for hydroxylation is 2. The number of amides is 1. The fourth-order valence-corrected chi connectivity index (χ4v) is 3.90. The zero-order valence-corrected chi connectivity index (χ0v) is 11.3. The summed E-state index contributed by atoms with van der Waals surface area (Å²) < 4.78 is 0. The largest absolute Gasteiger partial charge is 0.342 e. The van der Waals surface area contributed by atoms with E-state index in [0.29, 0.717) is 12.3 Å². The number of likely N-dealkylation sites (tertiary alicyclic amines) is 1. The van der Waals surface area contributed by atoms with Gasteiger partial charge in [-0.05, 0) is 19.3 Å². The van der Waals surface area contributed by atoms with Crippen molar-refractivity contribution < 1.29 is 4.79 Å². The molecule has 1 aliphatic heterocycles. The molecule has 96 valence electrons. The van der Waals surface area contributed by atoms with Gasteiger partial charge in [-0.1, -0.05) is 6.08 Å². The van der Waals surface area contributed by atoms with Crippen LogP contribution in [0, 0.1) is 5.92 Å². The van der Waals surface area contributed by atoms with Gasteiger partial charge in [-0.25, -0.2) is 4.98 Å². The lowest BCUT2D eigenvalue weighted by molar-refractivity contribution is -0.127. The third-order valence-corrected chi connectivity index (χ3v) is 5.03. The highest BCUT2D eigenvalue weighted by Gasteiger charge is 2.27. The highest BCUT2D eigenvalue weighted by atomic mass is 32.1. The lowest BCUT2D eigenvalue weighted by Crippen LogP contribution is -2.27. The Balaban J connectivity index is 1.57. The van der Waals surface area contributed by atoms with Gasteiger partial charge in [0.1, 0.15) is 0 Å². The molecule has 1 amide bonds. The van der Waals surface area contributed by atoms with Crippen LogP contribution in [0.5, 0.6) is 0 Å². The quantitative estimate of drug-likeness (QED) is 0.779. The zero-order valence-electron chi connectivity index (χ0n) is 10.5. The van der Waals surface area contributed by atoms with E-state index in [-0.39, 0.29) is 5.91 Å². The lowest BCUT2D eigenvalue weighted by atomic mass is 10.1. The van der Waals surface area contributed by atoms with Gasteiger partial charge in [0.2, 0.25) is 5.91 Å². The van der Waals surface area contributed by atoms with Crippen LogP contribution in [0.1, 0.15) is 28.4 Å². The van der Waals surface area contributed by atoms with Crippen LogP contribution in [-0.2, 0) is 24.1 Å². The van der Waals surface area contributed by atoms with Crippen LogP contribution in [0.15, 0.2) is 12.7 Å². The fraction of sp³-hybridized carbons (Fsp3) is 0.571. The summed E-state index contributed by atoms with van der Waals surface area (Å²) in [5.74, 6) is 0.614. The Morgan fingerprint density at radius 2 is 2.39 bits per heavy atom. The molecule has 18 heavy (non-hydrogen) atoms. The molecule has 0 saturated carbocycles. The average Bonchev–Trinajstić information content (AvgIpc) is 3.00. The van der Waals surface area contributed by atoms with Gasteiger partial charge in [0, 0.05) is 36.7 Å². The van der Waals surface area contributed by atoms with Crippen molar-refractivity contribution in [2.24, 2.45) is 5.92 Å². The van der Waals surface area contributed by atoms with Gasteiger partial charge in [-0.3, -0.25) is 4.79 Å². The van der Waals surface area contributed by atoms with Crippen molar-refractivity contribution in [2.75, 3.05) is 13.1 Å². The number of rotatable bonds is 4. The molecular weight excluding hydrogens is 244 g/mol. The molecule has 0 spiro atoms. The molecule has 0 bridgehead atoms. The predicted octanol–water partition coefficient (Wildman–Crippen LogP) is 2.21. The third-order valence-electron chi connectivity index (χ3n) is 3.81. The van der Waals surface area contributed by atoms with Gasteiger partial charge in [0.05, 0.1) is 10.7 Å². The zero-order chi connectivity index (χ0) is 12.5. The van der Waals surface area contributed by atoms with E-state index in [2.05, 4.69) is 11.6 Å².